The number of thiophene rings is 1. The molecule has 2 aromatic rings. The van der Waals surface area contributed by atoms with Crippen LogP contribution in [0.4, 0.5) is 0 Å². The van der Waals surface area contributed by atoms with Crippen LogP contribution in [0.15, 0.2) is 53.3 Å². The number of sulfonamides is 1. The second kappa shape index (κ2) is 7.64. The summed E-state index contributed by atoms with van der Waals surface area (Å²) in [6.45, 7) is 0.481. The summed E-state index contributed by atoms with van der Waals surface area (Å²) in [5.74, 6) is 0. The zero-order valence-corrected chi connectivity index (χ0v) is 15.3. The fourth-order valence-electron chi connectivity index (χ4n) is 3.34. The molecule has 3 rings (SSSR count). The van der Waals surface area contributed by atoms with Crippen LogP contribution in [0.25, 0.3) is 6.08 Å². The standard InChI is InChI=1S/C19H23NO2S2/c21-24(22,15-11-17-8-3-1-4-9-17)20-16-19(12-5-2-6-13-19)18-10-7-14-23-18/h1,3-4,7-11,14-15,20H,2,5-6,12-13,16H2/b15-11+. The Kier molecular flexibility index (Phi) is 5.54. The van der Waals surface area contributed by atoms with Crippen molar-refractivity contribution in [1.82, 2.24) is 4.72 Å². The summed E-state index contributed by atoms with van der Waals surface area (Å²) < 4.78 is 27.5. The van der Waals surface area contributed by atoms with Gasteiger partial charge in [0.2, 0.25) is 10.0 Å². The third kappa shape index (κ3) is 4.35. The summed E-state index contributed by atoms with van der Waals surface area (Å²) >= 11 is 1.74. The highest BCUT2D eigenvalue weighted by atomic mass is 32.2. The molecule has 1 N–H and O–H groups in total. The van der Waals surface area contributed by atoms with Crippen molar-refractivity contribution >= 4 is 27.4 Å². The van der Waals surface area contributed by atoms with E-state index < -0.39 is 10.0 Å². The minimum atomic E-state index is -3.43. The Morgan fingerprint density at radius 3 is 2.46 bits per heavy atom. The van der Waals surface area contributed by atoms with Gasteiger partial charge in [-0.15, -0.1) is 11.3 Å². The highest BCUT2D eigenvalue weighted by Crippen LogP contribution is 2.41. The van der Waals surface area contributed by atoms with Crippen LogP contribution >= 0.6 is 11.3 Å². The molecule has 128 valence electrons. The molecule has 0 atom stereocenters. The maximum absolute atomic E-state index is 12.4. The number of benzene rings is 1. The van der Waals surface area contributed by atoms with Crippen LogP contribution in [0, 0.1) is 0 Å². The van der Waals surface area contributed by atoms with Crippen LogP contribution in [-0.2, 0) is 15.4 Å². The zero-order valence-electron chi connectivity index (χ0n) is 13.6. The Morgan fingerprint density at radius 1 is 1.04 bits per heavy atom. The first kappa shape index (κ1) is 17.4. The van der Waals surface area contributed by atoms with Crippen molar-refractivity contribution in [1.29, 1.82) is 0 Å². The number of rotatable bonds is 6. The third-order valence-electron chi connectivity index (χ3n) is 4.71. The number of nitrogens with one attached hydrogen (secondary N) is 1. The first-order valence-electron chi connectivity index (χ1n) is 8.37. The van der Waals surface area contributed by atoms with Gasteiger partial charge in [-0.05, 0) is 35.9 Å². The molecule has 1 fully saturated rings. The zero-order chi connectivity index (χ0) is 16.9. The van der Waals surface area contributed by atoms with E-state index in [2.05, 4.69) is 22.2 Å². The Hall–Kier alpha value is -1.43. The van der Waals surface area contributed by atoms with Crippen LogP contribution in [-0.4, -0.2) is 15.0 Å². The highest BCUT2D eigenvalue weighted by molar-refractivity contribution is 7.92. The van der Waals surface area contributed by atoms with Crippen molar-refractivity contribution in [2.75, 3.05) is 6.54 Å². The smallest absolute Gasteiger partial charge is 0.211 e. The largest absolute Gasteiger partial charge is 0.233 e. The molecule has 5 heteroatoms. The first-order chi connectivity index (χ1) is 11.6. The molecule has 1 heterocycles. The second-order valence-corrected chi connectivity index (χ2v) is 9.00. The number of hydrogen-bond donors (Lipinski definition) is 1. The fraction of sp³-hybridized carbons (Fsp3) is 0.368. The van der Waals surface area contributed by atoms with Gasteiger partial charge in [-0.25, -0.2) is 13.1 Å². The van der Waals surface area contributed by atoms with Crippen molar-refractivity contribution in [2.45, 2.75) is 37.5 Å². The van der Waals surface area contributed by atoms with E-state index in [4.69, 9.17) is 0 Å². The van der Waals surface area contributed by atoms with Gasteiger partial charge < -0.3 is 0 Å². The van der Waals surface area contributed by atoms with Crippen LogP contribution in [0.2, 0.25) is 0 Å². The van der Waals surface area contributed by atoms with E-state index in [0.717, 1.165) is 18.4 Å². The molecule has 0 unspecified atom stereocenters. The molecule has 0 amide bonds. The van der Waals surface area contributed by atoms with E-state index in [9.17, 15) is 8.42 Å². The molecular formula is C19H23NO2S2. The van der Waals surface area contributed by atoms with Gasteiger partial charge in [0.25, 0.3) is 0 Å². The van der Waals surface area contributed by atoms with Gasteiger partial charge in [0, 0.05) is 22.2 Å². The van der Waals surface area contributed by atoms with E-state index in [0.29, 0.717) is 6.54 Å². The molecule has 24 heavy (non-hydrogen) atoms. The van der Waals surface area contributed by atoms with Crippen molar-refractivity contribution in [3.63, 3.8) is 0 Å². The lowest BCUT2D eigenvalue weighted by molar-refractivity contribution is 0.298. The summed E-state index contributed by atoms with van der Waals surface area (Å²) in [4.78, 5) is 1.30. The SMILES string of the molecule is O=S(=O)(/C=C/c1ccccc1)NCC1(c2cccs2)CCCCC1. The minimum Gasteiger partial charge on any atom is -0.211 e. The molecular weight excluding hydrogens is 338 g/mol. The Bertz CT molecular complexity index is 759. The van der Waals surface area contributed by atoms with Gasteiger partial charge in [0.05, 0.1) is 0 Å². The van der Waals surface area contributed by atoms with Crippen molar-refractivity contribution < 1.29 is 8.42 Å². The van der Waals surface area contributed by atoms with Gasteiger partial charge in [0.15, 0.2) is 0 Å². The fourth-order valence-corrected chi connectivity index (χ4v) is 5.24. The van der Waals surface area contributed by atoms with Crippen LogP contribution < -0.4 is 4.72 Å². The van der Waals surface area contributed by atoms with E-state index >= 15 is 0 Å². The predicted octanol–water partition coefficient (Wildman–Crippen LogP) is 4.54. The molecule has 1 aliphatic rings. The normalized spacial score (nSPS) is 18.0. The first-order valence-corrected chi connectivity index (χ1v) is 10.8. The topological polar surface area (TPSA) is 46.2 Å². The molecule has 1 aliphatic carbocycles. The van der Waals surface area contributed by atoms with Gasteiger partial charge in [0.1, 0.15) is 0 Å². The quantitative estimate of drug-likeness (QED) is 0.821. The van der Waals surface area contributed by atoms with Gasteiger partial charge in [-0.2, -0.15) is 0 Å². The Labute approximate surface area is 148 Å². The highest BCUT2D eigenvalue weighted by Gasteiger charge is 2.35. The minimum absolute atomic E-state index is 0.0416. The molecule has 1 aromatic heterocycles. The molecule has 0 spiro atoms. The molecule has 0 aliphatic heterocycles. The summed E-state index contributed by atoms with van der Waals surface area (Å²) in [6.07, 6.45) is 7.32. The lowest BCUT2D eigenvalue weighted by atomic mass is 9.73. The van der Waals surface area contributed by atoms with Gasteiger partial charge >= 0.3 is 0 Å². The second-order valence-electron chi connectivity index (χ2n) is 6.40. The molecule has 0 saturated heterocycles. The maximum Gasteiger partial charge on any atom is 0.233 e. The summed E-state index contributed by atoms with van der Waals surface area (Å²) in [7, 11) is -3.43. The summed E-state index contributed by atoms with van der Waals surface area (Å²) in [5.41, 5.74) is 0.841. The third-order valence-corrected chi connectivity index (χ3v) is 6.86. The molecule has 0 radical (unpaired) electrons. The van der Waals surface area contributed by atoms with E-state index in [-0.39, 0.29) is 5.41 Å². The molecule has 3 nitrogen and oxygen atoms in total. The lowest BCUT2D eigenvalue weighted by Crippen LogP contribution is -2.41. The summed E-state index contributed by atoms with van der Waals surface area (Å²) in [5, 5.41) is 3.35. The van der Waals surface area contributed by atoms with Crippen molar-refractivity contribution in [2.24, 2.45) is 0 Å². The predicted molar refractivity (Wildman–Crippen MR) is 101 cm³/mol. The average Bonchev–Trinajstić information content (AvgIpc) is 3.16. The average molecular weight is 362 g/mol. The Balaban J connectivity index is 1.71. The summed E-state index contributed by atoms with van der Waals surface area (Å²) in [6, 6.07) is 13.7. The van der Waals surface area contributed by atoms with Crippen molar-refractivity contribution in [3.8, 4) is 0 Å². The molecule has 1 saturated carbocycles. The van der Waals surface area contributed by atoms with Crippen LogP contribution in [0.5, 0.6) is 0 Å². The van der Waals surface area contributed by atoms with E-state index in [1.54, 1.807) is 17.4 Å². The van der Waals surface area contributed by atoms with Crippen molar-refractivity contribution in [3.05, 3.63) is 63.7 Å². The Morgan fingerprint density at radius 2 is 1.79 bits per heavy atom. The maximum atomic E-state index is 12.4. The van der Waals surface area contributed by atoms with Gasteiger partial charge in [-0.1, -0.05) is 55.7 Å². The number of hydrogen-bond acceptors (Lipinski definition) is 3. The van der Waals surface area contributed by atoms with Crippen LogP contribution in [0.3, 0.4) is 0 Å². The van der Waals surface area contributed by atoms with E-state index in [1.165, 1.54) is 29.5 Å². The van der Waals surface area contributed by atoms with Gasteiger partial charge in [-0.3, -0.25) is 0 Å². The molecule has 1 aromatic carbocycles. The monoisotopic (exact) mass is 361 g/mol. The lowest BCUT2D eigenvalue weighted by Gasteiger charge is -2.36. The molecule has 0 bridgehead atoms. The van der Waals surface area contributed by atoms with Crippen LogP contribution in [0.1, 0.15) is 42.5 Å². The van der Waals surface area contributed by atoms with E-state index in [1.807, 2.05) is 30.3 Å².